The predicted molar refractivity (Wildman–Crippen MR) is 106 cm³/mol. The summed E-state index contributed by atoms with van der Waals surface area (Å²) < 4.78 is 16.8. The number of ether oxygens (including phenoxy) is 1. The zero-order valence-electron chi connectivity index (χ0n) is 15.5. The van der Waals surface area contributed by atoms with Gasteiger partial charge >= 0.3 is 17.6 Å². The number of carbonyl (C=O) groups excluding carboxylic acids is 1. The van der Waals surface area contributed by atoms with Crippen LogP contribution in [0.3, 0.4) is 0 Å². The number of hydrogen-bond acceptors (Lipinski definition) is 6. The van der Waals surface area contributed by atoms with Crippen molar-refractivity contribution < 1.29 is 28.3 Å². The average molecular weight is 402 g/mol. The molecule has 0 saturated carbocycles. The molecule has 0 saturated heterocycles. The minimum absolute atomic E-state index is 0.0546. The molecule has 0 fully saturated rings. The summed E-state index contributed by atoms with van der Waals surface area (Å²) in [4.78, 5) is 36.0. The Morgan fingerprint density at radius 3 is 2.47 bits per heavy atom. The van der Waals surface area contributed by atoms with Gasteiger partial charge in [0.05, 0.1) is 28.9 Å². The van der Waals surface area contributed by atoms with Crippen LogP contribution in [0.2, 0.25) is 0 Å². The van der Waals surface area contributed by atoms with E-state index >= 15 is 0 Å². The second-order valence-electron chi connectivity index (χ2n) is 6.94. The first-order chi connectivity index (χ1) is 14.5. The number of furan rings is 1. The molecule has 5 rings (SSSR count). The van der Waals surface area contributed by atoms with Crippen molar-refractivity contribution in [2.75, 3.05) is 0 Å². The number of carboxylic acid groups (broad SMARTS) is 1. The van der Waals surface area contributed by atoms with E-state index in [1.807, 2.05) is 0 Å². The third-order valence-electron chi connectivity index (χ3n) is 5.12. The maximum Gasteiger partial charge on any atom is 0.344 e. The van der Waals surface area contributed by atoms with Gasteiger partial charge in [0.2, 0.25) is 0 Å². The van der Waals surface area contributed by atoms with Crippen molar-refractivity contribution in [2.24, 2.45) is 0 Å². The normalized spacial score (nSPS) is 15.6. The summed E-state index contributed by atoms with van der Waals surface area (Å²) in [6.07, 6.45) is -0.0546. The Labute approximate surface area is 169 Å². The van der Waals surface area contributed by atoms with Crippen LogP contribution in [-0.4, -0.2) is 17.0 Å². The molecular formula is C23H14O7. The molecule has 3 heterocycles. The third-order valence-corrected chi connectivity index (χ3v) is 5.12. The fraction of sp³-hybridized carbons (Fsp3) is 0.0870. The standard InChI is InChI=1S/C23H14O7/c24-19-11-15(20-21(30-19)14-3-1-2-4-17(14)29-23(20)27)18-10-9-16(28-18)12-5-7-13(8-6-12)22(25)26/h1-10,15H,11H2,(H,25,26)/t15-/m1/s1. The Morgan fingerprint density at radius 1 is 0.933 bits per heavy atom. The number of para-hydroxylation sites is 1. The van der Waals surface area contributed by atoms with Crippen LogP contribution in [0.1, 0.15) is 34.0 Å². The highest BCUT2D eigenvalue weighted by Crippen LogP contribution is 2.41. The second kappa shape index (κ2) is 6.73. The molecular weight excluding hydrogens is 388 g/mol. The monoisotopic (exact) mass is 402 g/mol. The van der Waals surface area contributed by atoms with Gasteiger partial charge in [-0.25, -0.2) is 9.59 Å². The Kier molecular flexibility index (Phi) is 4.03. The van der Waals surface area contributed by atoms with Gasteiger partial charge < -0.3 is 18.7 Å². The van der Waals surface area contributed by atoms with Gasteiger partial charge in [-0.2, -0.15) is 0 Å². The highest BCUT2D eigenvalue weighted by atomic mass is 16.5. The summed E-state index contributed by atoms with van der Waals surface area (Å²) in [5.74, 6) is -1.01. The van der Waals surface area contributed by atoms with E-state index in [9.17, 15) is 14.4 Å². The van der Waals surface area contributed by atoms with Crippen molar-refractivity contribution in [3.8, 4) is 17.1 Å². The van der Waals surface area contributed by atoms with Gasteiger partial charge in [0.1, 0.15) is 17.1 Å². The molecule has 0 aliphatic carbocycles. The number of carbonyl (C=O) groups is 2. The van der Waals surface area contributed by atoms with E-state index in [4.69, 9.17) is 18.7 Å². The van der Waals surface area contributed by atoms with Gasteiger partial charge in [0.25, 0.3) is 0 Å². The first-order valence-electron chi connectivity index (χ1n) is 9.21. The van der Waals surface area contributed by atoms with E-state index in [2.05, 4.69) is 0 Å². The number of hydrogen-bond donors (Lipinski definition) is 1. The lowest BCUT2D eigenvalue weighted by Gasteiger charge is -2.22. The highest BCUT2D eigenvalue weighted by Gasteiger charge is 2.35. The molecule has 1 aliphatic heterocycles. The van der Waals surface area contributed by atoms with Gasteiger partial charge in [-0.15, -0.1) is 0 Å². The third kappa shape index (κ3) is 2.88. The Morgan fingerprint density at radius 2 is 1.70 bits per heavy atom. The van der Waals surface area contributed by atoms with Crippen molar-refractivity contribution in [2.45, 2.75) is 12.3 Å². The quantitative estimate of drug-likeness (QED) is 0.404. The molecule has 30 heavy (non-hydrogen) atoms. The molecule has 1 N–H and O–H groups in total. The fourth-order valence-corrected chi connectivity index (χ4v) is 3.69. The van der Waals surface area contributed by atoms with Gasteiger partial charge in [0.15, 0.2) is 5.75 Å². The van der Waals surface area contributed by atoms with E-state index in [0.29, 0.717) is 28.1 Å². The van der Waals surface area contributed by atoms with Crippen molar-refractivity contribution in [1.82, 2.24) is 0 Å². The van der Waals surface area contributed by atoms with Gasteiger partial charge in [-0.05, 0) is 36.4 Å². The van der Waals surface area contributed by atoms with Crippen molar-refractivity contribution in [3.05, 3.63) is 88.0 Å². The van der Waals surface area contributed by atoms with E-state index in [1.165, 1.54) is 12.1 Å². The van der Waals surface area contributed by atoms with Gasteiger partial charge in [-0.3, -0.25) is 4.79 Å². The molecule has 2 aromatic carbocycles. The second-order valence-corrected chi connectivity index (χ2v) is 6.94. The van der Waals surface area contributed by atoms with Gasteiger partial charge in [0, 0.05) is 5.56 Å². The largest absolute Gasteiger partial charge is 0.478 e. The zero-order chi connectivity index (χ0) is 20.8. The first kappa shape index (κ1) is 17.9. The van der Waals surface area contributed by atoms with Crippen LogP contribution in [0, 0.1) is 0 Å². The summed E-state index contributed by atoms with van der Waals surface area (Å²) in [6, 6.07) is 16.5. The van der Waals surface area contributed by atoms with E-state index in [-0.39, 0.29) is 23.3 Å². The molecule has 0 radical (unpaired) electrons. The molecule has 4 aromatic rings. The maximum absolute atomic E-state index is 12.7. The first-order valence-corrected chi connectivity index (χ1v) is 9.21. The van der Waals surface area contributed by atoms with Crippen LogP contribution in [0.5, 0.6) is 5.75 Å². The predicted octanol–water partition coefficient (Wildman–Crippen LogP) is 4.19. The minimum atomic E-state index is -1.02. The molecule has 2 aromatic heterocycles. The smallest absolute Gasteiger partial charge is 0.344 e. The summed E-state index contributed by atoms with van der Waals surface area (Å²) in [5.41, 5.74) is 0.850. The van der Waals surface area contributed by atoms with Crippen LogP contribution in [0.15, 0.2) is 74.3 Å². The van der Waals surface area contributed by atoms with Crippen LogP contribution < -0.4 is 10.4 Å². The van der Waals surface area contributed by atoms with Crippen LogP contribution in [0.4, 0.5) is 0 Å². The Balaban J connectivity index is 1.60. The van der Waals surface area contributed by atoms with E-state index in [1.54, 1.807) is 48.5 Å². The lowest BCUT2D eigenvalue weighted by Crippen LogP contribution is -2.26. The number of esters is 1. The lowest BCUT2D eigenvalue weighted by molar-refractivity contribution is -0.135. The molecule has 7 heteroatoms. The summed E-state index contributed by atoms with van der Waals surface area (Å²) >= 11 is 0. The molecule has 0 amide bonds. The topological polar surface area (TPSA) is 107 Å². The van der Waals surface area contributed by atoms with Crippen LogP contribution >= 0.6 is 0 Å². The molecule has 0 spiro atoms. The number of carboxylic acids is 1. The van der Waals surface area contributed by atoms with Crippen molar-refractivity contribution in [1.29, 1.82) is 0 Å². The summed E-state index contributed by atoms with van der Waals surface area (Å²) in [6.45, 7) is 0. The zero-order valence-corrected chi connectivity index (χ0v) is 15.5. The number of fused-ring (bicyclic) bond motifs is 3. The Bertz CT molecular complexity index is 1360. The highest BCUT2D eigenvalue weighted by molar-refractivity contribution is 5.90. The van der Waals surface area contributed by atoms with E-state index < -0.39 is 23.5 Å². The SMILES string of the molecule is O=C1C[C@H](c2ccc(-c3ccc(C(=O)O)cc3)o2)c2c(c3ccccc3oc2=O)O1. The summed E-state index contributed by atoms with van der Waals surface area (Å²) in [7, 11) is 0. The summed E-state index contributed by atoms with van der Waals surface area (Å²) in [5, 5.41) is 9.58. The number of rotatable bonds is 3. The van der Waals surface area contributed by atoms with Crippen molar-refractivity contribution >= 4 is 22.9 Å². The van der Waals surface area contributed by atoms with E-state index in [0.717, 1.165) is 0 Å². The Hall–Kier alpha value is -4.13. The molecule has 1 aliphatic rings. The number of benzene rings is 2. The molecule has 7 nitrogen and oxygen atoms in total. The fourth-order valence-electron chi connectivity index (χ4n) is 3.69. The average Bonchev–Trinajstić information content (AvgIpc) is 3.23. The molecule has 0 bridgehead atoms. The molecule has 1 atom stereocenters. The van der Waals surface area contributed by atoms with Crippen LogP contribution in [0.25, 0.3) is 22.3 Å². The van der Waals surface area contributed by atoms with Crippen molar-refractivity contribution in [3.63, 3.8) is 0 Å². The molecule has 148 valence electrons. The maximum atomic E-state index is 12.7. The van der Waals surface area contributed by atoms with Gasteiger partial charge in [-0.1, -0.05) is 24.3 Å². The van der Waals surface area contributed by atoms with Crippen LogP contribution in [-0.2, 0) is 4.79 Å². The lowest BCUT2D eigenvalue weighted by atomic mass is 9.91. The molecule has 0 unspecified atom stereocenters. The minimum Gasteiger partial charge on any atom is -0.478 e. The number of aromatic carboxylic acids is 1.